The van der Waals surface area contributed by atoms with Gasteiger partial charge in [-0.2, -0.15) is 10.2 Å². The lowest BCUT2D eigenvalue weighted by molar-refractivity contribution is 0.112. The number of hydrogen-bond acceptors (Lipinski definition) is 6. The molecular formula is C32H38N4O4. The molecule has 2 aliphatic carbocycles. The number of aliphatic hydroxyl groups excluding tert-OH is 1. The number of nitrogens with zero attached hydrogens (tertiary/aromatic N) is 4. The average molecular weight is 543 g/mol. The zero-order valence-corrected chi connectivity index (χ0v) is 23.7. The Morgan fingerprint density at radius 3 is 1.75 bits per heavy atom. The SMILES string of the molecule is COc1ccc(-n2cc(C(O)CC(C)C)c(C3CC3)n2)cc1.COc1ccc(-n2cc(C=O)c(C3CC3)n2)cc1. The summed E-state index contributed by atoms with van der Waals surface area (Å²) in [5.74, 6) is 3.11. The third-order valence-electron chi connectivity index (χ3n) is 7.33. The smallest absolute Gasteiger partial charge is 0.153 e. The van der Waals surface area contributed by atoms with Gasteiger partial charge in [0.25, 0.3) is 0 Å². The number of ether oxygens (including phenoxy) is 2. The Labute approximate surface area is 235 Å². The molecule has 1 unspecified atom stereocenters. The molecule has 0 aliphatic heterocycles. The molecule has 2 fully saturated rings. The first-order valence-corrected chi connectivity index (χ1v) is 14.0. The molecule has 2 aromatic heterocycles. The van der Waals surface area contributed by atoms with E-state index in [9.17, 15) is 9.90 Å². The Bertz CT molecular complexity index is 1410. The zero-order chi connectivity index (χ0) is 28.2. The van der Waals surface area contributed by atoms with Gasteiger partial charge >= 0.3 is 0 Å². The number of aromatic nitrogens is 4. The molecule has 2 saturated carbocycles. The molecule has 2 aromatic carbocycles. The van der Waals surface area contributed by atoms with Crippen molar-refractivity contribution >= 4 is 6.29 Å². The fraction of sp³-hybridized carbons (Fsp3) is 0.406. The lowest BCUT2D eigenvalue weighted by Gasteiger charge is -2.12. The van der Waals surface area contributed by atoms with Crippen molar-refractivity contribution in [1.29, 1.82) is 0 Å². The second kappa shape index (κ2) is 12.1. The minimum Gasteiger partial charge on any atom is -0.497 e. The molecule has 0 amide bonds. The fourth-order valence-corrected chi connectivity index (χ4v) is 4.80. The van der Waals surface area contributed by atoms with Crippen LogP contribution in [-0.4, -0.2) is 45.2 Å². The van der Waals surface area contributed by atoms with Crippen molar-refractivity contribution in [2.75, 3.05) is 14.2 Å². The van der Waals surface area contributed by atoms with E-state index in [-0.39, 0.29) is 0 Å². The van der Waals surface area contributed by atoms with E-state index in [2.05, 4.69) is 18.9 Å². The van der Waals surface area contributed by atoms with Crippen LogP contribution in [0.1, 0.15) is 91.2 Å². The van der Waals surface area contributed by atoms with Gasteiger partial charge in [-0.05, 0) is 86.6 Å². The van der Waals surface area contributed by atoms with E-state index in [1.807, 2.05) is 59.4 Å². The van der Waals surface area contributed by atoms with Gasteiger partial charge in [0.15, 0.2) is 6.29 Å². The molecule has 8 heteroatoms. The molecule has 2 aliphatic rings. The molecule has 6 rings (SSSR count). The van der Waals surface area contributed by atoms with Crippen molar-refractivity contribution in [1.82, 2.24) is 19.6 Å². The number of hydrogen-bond donors (Lipinski definition) is 1. The third kappa shape index (κ3) is 6.45. The normalized spacial score (nSPS) is 15.3. The Hall–Kier alpha value is -3.91. The molecule has 8 nitrogen and oxygen atoms in total. The van der Waals surface area contributed by atoms with Gasteiger partial charge in [0.1, 0.15) is 11.5 Å². The maximum atomic E-state index is 11.0. The zero-order valence-electron chi connectivity index (χ0n) is 23.7. The van der Waals surface area contributed by atoms with Gasteiger partial charge < -0.3 is 14.6 Å². The number of carbonyl (C=O) groups is 1. The highest BCUT2D eigenvalue weighted by Crippen LogP contribution is 2.43. The van der Waals surface area contributed by atoms with E-state index in [1.165, 1.54) is 12.8 Å². The molecule has 1 N–H and O–H groups in total. The molecule has 0 saturated heterocycles. The molecule has 210 valence electrons. The van der Waals surface area contributed by atoms with Crippen LogP contribution in [0.3, 0.4) is 0 Å². The lowest BCUT2D eigenvalue weighted by Crippen LogP contribution is -2.03. The van der Waals surface area contributed by atoms with Gasteiger partial charge in [0, 0.05) is 29.8 Å². The number of aliphatic hydroxyl groups is 1. The van der Waals surface area contributed by atoms with Crippen molar-refractivity contribution < 1.29 is 19.4 Å². The second-order valence-electron chi connectivity index (χ2n) is 11.0. The highest BCUT2D eigenvalue weighted by atomic mass is 16.5. The van der Waals surface area contributed by atoms with Crippen LogP contribution in [0, 0.1) is 5.92 Å². The Balaban J connectivity index is 0.000000164. The minimum absolute atomic E-state index is 0.428. The van der Waals surface area contributed by atoms with E-state index >= 15 is 0 Å². The molecule has 4 aromatic rings. The van der Waals surface area contributed by atoms with Crippen molar-refractivity contribution in [3.8, 4) is 22.9 Å². The van der Waals surface area contributed by atoms with Gasteiger partial charge in [0.2, 0.25) is 0 Å². The molecule has 2 heterocycles. The van der Waals surface area contributed by atoms with Crippen molar-refractivity contribution in [3.05, 3.63) is 83.4 Å². The van der Waals surface area contributed by atoms with E-state index in [4.69, 9.17) is 14.6 Å². The van der Waals surface area contributed by atoms with Gasteiger partial charge in [-0.25, -0.2) is 9.36 Å². The van der Waals surface area contributed by atoms with E-state index in [1.54, 1.807) is 25.1 Å². The summed E-state index contributed by atoms with van der Waals surface area (Å²) in [6, 6.07) is 15.5. The van der Waals surface area contributed by atoms with Gasteiger partial charge in [-0.15, -0.1) is 0 Å². The number of aldehydes is 1. The molecule has 1 atom stereocenters. The number of benzene rings is 2. The summed E-state index contributed by atoms with van der Waals surface area (Å²) in [5.41, 5.74) is 5.63. The molecule has 0 bridgehead atoms. The summed E-state index contributed by atoms with van der Waals surface area (Å²) < 4.78 is 14.0. The molecular weight excluding hydrogens is 504 g/mol. The van der Waals surface area contributed by atoms with Crippen LogP contribution >= 0.6 is 0 Å². The second-order valence-corrected chi connectivity index (χ2v) is 11.0. The van der Waals surface area contributed by atoms with Crippen LogP contribution in [0.4, 0.5) is 0 Å². The monoisotopic (exact) mass is 542 g/mol. The molecule has 0 radical (unpaired) electrons. The predicted molar refractivity (Wildman–Crippen MR) is 154 cm³/mol. The Morgan fingerprint density at radius 2 is 1.30 bits per heavy atom. The van der Waals surface area contributed by atoms with Crippen LogP contribution in [0.2, 0.25) is 0 Å². The van der Waals surface area contributed by atoms with Crippen LogP contribution < -0.4 is 9.47 Å². The van der Waals surface area contributed by atoms with Crippen molar-refractivity contribution in [2.45, 2.75) is 63.9 Å². The first kappa shape index (κ1) is 27.6. The quantitative estimate of drug-likeness (QED) is 0.233. The third-order valence-corrected chi connectivity index (χ3v) is 7.33. The highest BCUT2D eigenvalue weighted by molar-refractivity contribution is 5.76. The summed E-state index contributed by atoms with van der Waals surface area (Å²) in [7, 11) is 3.30. The lowest BCUT2D eigenvalue weighted by atomic mass is 9.99. The standard InChI is InChI=1S/C18H24N2O2.C14H14N2O2/c1-12(2)10-17(21)16-11-20(19-18(16)13-4-5-13)14-6-8-15(22-3)9-7-14;1-18-13-6-4-12(5-7-13)16-8-11(9-17)14(15-16)10-2-3-10/h6-9,11-13,17,21H,4-5,10H2,1-3H3;4-10H,2-3H2,1H3. The topological polar surface area (TPSA) is 91.4 Å². The first-order chi connectivity index (χ1) is 19.4. The van der Waals surface area contributed by atoms with Crippen LogP contribution in [0.25, 0.3) is 11.4 Å². The maximum absolute atomic E-state index is 11.0. The Morgan fingerprint density at radius 1 is 0.825 bits per heavy atom. The summed E-state index contributed by atoms with van der Waals surface area (Å²) in [6.07, 6.45) is 9.66. The van der Waals surface area contributed by atoms with Gasteiger partial charge in [0.05, 0.1) is 48.6 Å². The highest BCUT2D eigenvalue weighted by Gasteiger charge is 2.32. The fourth-order valence-electron chi connectivity index (χ4n) is 4.80. The average Bonchev–Trinajstić information content (AvgIpc) is 3.92. The van der Waals surface area contributed by atoms with Gasteiger partial charge in [-0.1, -0.05) is 13.8 Å². The molecule has 40 heavy (non-hydrogen) atoms. The summed E-state index contributed by atoms with van der Waals surface area (Å²) in [4.78, 5) is 11.0. The number of carbonyl (C=O) groups excluding carboxylic acids is 1. The number of rotatable bonds is 10. The van der Waals surface area contributed by atoms with Crippen LogP contribution in [0.15, 0.2) is 60.9 Å². The van der Waals surface area contributed by atoms with Crippen LogP contribution in [-0.2, 0) is 0 Å². The predicted octanol–water partition coefficient (Wildman–Crippen LogP) is 6.41. The summed E-state index contributed by atoms with van der Waals surface area (Å²) in [6.45, 7) is 4.27. The van der Waals surface area contributed by atoms with Gasteiger partial charge in [-0.3, -0.25) is 4.79 Å². The maximum Gasteiger partial charge on any atom is 0.153 e. The minimum atomic E-state index is -0.428. The van der Waals surface area contributed by atoms with E-state index in [0.29, 0.717) is 23.3 Å². The van der Waals surface area contributed by atoms with Crippen molar-refractivity contribution in [2.24, 2.45) is 5.92 Å². The largest absolute Gasteiger partial charge is 0.497 e. The first-order valence-electron chi connectivity index (χ1n) is 14.0. The Kier molecular flexibility index (Phi) is 8.35. The molecule has 0 spiro atoms. The van der Waals surface area contributed by atoms with Crippen molar-refractivity contribution in [3.63, 3.8) is 0 Å². The van der Waals surface area contributed by atoms with E-state index in [0.717, 1.165) is 65.4 Å². The number of methoxy groups -OCH3 is 2. The van der Waals surface area contributed by atoms with E-state index < -0.39 is 6.10 Å². The summed E-state index contributed by atoms with van der Waals surface area (Å²) in [5, 5.41) is 19.8. The van der Waals surface area contributed by atoms with Crippen LogP contribution in [0.5, 0.6) is 11.5 Å². The summed E-state index contributed by atoms with van der Waals surface area (Å²) >= 11 is 0.